The number of hydrogen-bond acceptors (Lipinski definition) is 3. The van der Waals surface area contributed by atoms with E-state index in [4.69, 9.17) is 5.73 Å². The molecule has 0 saturated carbocycles. The Kier molecular flexibility index (Phi) is 4.65. The van der Waals surface area contributed by atoms with Crippen molar-refractivity contribution < 1.29 is 9.90 Å². The number of aromatic hydroxyl groups is 1. The van der Waals surface area contributed by atoms with Crippen LogP contribution >= 0.6 is 0 Å². The van der Waals surface area contributed by atoms with Gasteiger partial charge < -0.3 is 15.7 Å². The highest BCUT2D eigenvalue weighted by molar-refractivity contribution is 5.95. The summed E-state index contributed by atoms with van der Waals surface area (Å²) in [5.41, 5.74) is 7.16. The molecule has 1 aliphatic rings. The fourth-order valence-corrected chi connectivity index (χ4v) is 2.90. The molecule has 0 bridgehead atoms. The standard InChI is InChI=1S/C16H24N2O2/c1-3-12-6-7-18(14(8-12)10-17)16(20)13-5-4-11(2)15(19)9-13/h4-5,9,12,14,19H,3,6-8,10,17H2,1-2H3. The van der Waals surface area contributed by atoms with Gasteiger partial charge in [0.2, 0.25) is 0 Å². The number of amides is 1. The van der Waals surface area contributed by atoms with E-state index >= 15 is 0 Å². The molecule has 20 heavy (non-hydrogen) atoms. The summed E-state index contributed by atoms with van der Waals surface area (Å²) in [6.07, 6.45) is 3.16. The predicted octanol–water partition coefficient (Wildman–Crippen LogP) is 2.29. The van der Waals surface area contributed by atoms with Gasteiger partial charge in [0, 0.05) is 24.7 Å². The van der Waals surface area contributed by atoms with E-state index in [0.717, 1.165) is 31.4 Å². The lowest BCUT2D eigenvalue weighted by atomic mass is 9.88. The number of aryl methyl sites for hydroxylation is 1. The number of hydrogen-bond donors (Lipinski definition) is 2. The molecule has 0 aromatic heterocycles. The van der Waals surface area contributed by atoms with Crippen LogP contribution in [0.2, 0.25) is 0 Å². The third kappa shape index (κ3) is 2.96. The summed E-state index contributed by atoms with van der Waals surface area (Å²) in [4.78, 5) is 14.5. The number of nitrogens with zero attached hydrogens (tertiary/aromatic N) is 1. The zero-order valence-electron chi connectivity index (χ0n) is 12.3. The first-order valence-electron chi connectivity index (χ1n) is 7.37. The second-order valence-corrected chi connectivity index (χ2v) is 5.69. The molecule has 1 fully saturated rings. The van der Waals surface area contributed by atoms with Crippen LogP contribution in [0.5, 0.6) is 5.75 Å². The molecule has 110 valence electrons. The van der Waals surface area contributed by atoms with Crippen molar-refractivity contribution >= 4 is 5.91 Å². The van der Waals surface area contributed by atoms with Crippen LogP contribution in [-0.4, -0.2) is 35.0 Å². The Bertz CT molecular complexity index is 487. The third-order valence-corrected chi connectivity index (χ3v) is 4.39. The zero-order chi connectivity index (χ0) is 14.7. The van der Waals surface area contributed by atoms with Crippen molar-refractivity contribution in [2.24, 2.45) is 11.7 Å². The van der Waals surface area contributed by atoms with Gasteiger partial charge in [0.05, 0.1) is 0 Å². The van der Waals surface area contributed by atoms with Crippen molar-refractivity contribution in [1.29, 1.82) is 0 Å². The van der Waals surface area contributed by atoms with Gasteiger partial charge >= 0.3 is 0 Å². The summed E-state index contributed by atoms with van der Waals surface area (Å²) in [7, 11) is 0. The molecular formula is C16H24N2O2. The SMILES string of the molecule is CCC1CCN(C(=O)c2ccc(C)c(O)c2)C(CN)C1. The molecule has 1 saturated heterocycles. The first-order valence-corrected chi connectivity index (χ1v) is 7.37. The van der Waals surface area contributed by atoms with E-state index in [1.165, 1.54) is 0 Å². The summed E-state index contributed by atoms with van der Waals surface area (Å²) in [5, 5.41) is 9.76. The van der Waals surface area contributed by atoms with Gasteiger partial charge in [-0.2, -0.15) is 0 Å². The maximum atomic E-state index is 12.6. The number of benzene rings is 1. The van der Waals surface area contributed by atoms with E-state index in [2.05, 4.69) is 6.92 Å². The Hall–Kier alpha value is -1.55. The average molecular weight is 276 g/mol. The van der Waals surface area contributed by atoms with Crippen LogP contribution in [-0.2, 0) is 0 Å². The van der Waals surface area contributed by atoms with Crippen molar-refractivity contribution in [3.05, 3.63) is 29.3 Å². The number of carbonyl (C=O) groups is 1. The van der Waals surface area contributed by atoms with Crippen molar-refractivity contribution in [2.75, 3.05) is 13.1 Å². The summed E-state index contributed by atoms with van der Waals surface area (Å²) in [5.74, 6) is 0.813. The number of nitrogens with two attached hydrogens (primary N) is 1. The molecule has 1 aromatic carbocycles. The zero-order valence-corrected chi connectivity index (χ0v) is 12.3. The van der Waals surface area contributed by atoms with Crippen molar-refractivity contribution in [3.8, 4) is 5.75 Å². The van der Waals surface area contributed by atoms with Gasteiger partial charge in [-0.05, 0) is 43.4 Å². The lowest BCUT2D eigenvalue weighted by Crippen LogP contribution is -2.49. The van der Waals surface area contributed by atoms with Gasteiger partial charge in [-0.25, -0.2) is 0 Å². The quantitative estimate of drug-likeness (QED) is 0.890. The first-order chi connectivity index (χ1) is 9.56. The highest BCUT2D eigenvalue weighted by Gasteiger charge is 2.30. The third-order valence-electron chi connectivity index (χ3n) is 4.39. The highest BCUT2D eigenvalue weighted by atomic mass is 16.3. The molecule has 1 aliphatic heterocycles. The van der Waals surface area contributed by atoms with E-state index < -0.39 is 0 Å². The predicted molar refractivity (Wildman–Crippen MR) is 79.7 cm³/mol. The number of piperidine rings is 1. The molecule has 1 amide bonds. The molecule has 3 N–H and O–H groups in total. The Labute approximate surface area is 120 Å². The lowest BCUT2D eigenvalue weighted by Gasteiger charge is -2.39. The van der Waals surface area contributed by atoms with E-state index in [-0.39, 0.29) is 17.7 Å². The van der Waals surface area contributed by atoms with E-state index in [1.807, 2.05) is 11.8 Å². The second-order valence-electron chi connectivity index (χ2n) is 5.69. The van der Waals surface area contributed by atoms with E-state index in [9.17, 15) is 9.90 Å². The Morgan fingerprint density at radius 1 is 1.50 bits per heavy atom. The van der Waals surface area contributed by atoms with Crippen molar-refractivity contribution in [1.82, 2.24) is 4.90 Å². The van der Waals surface area contributed by atoms with Gasteiger partial charge in [-0.3, -0.25) is 4.79 Å². The van der Waals surface area contributed by atoms with Gasteiger partial charge in [0.1, 0.15) is 5.75 Å². The van der Waals surface area contributed by atoms with Crippen molar-refractivity contribution in [3.63, 3.8) is 0 Å². The van der Waals surface area contributed by atoms with Crippen LogP contribution in [0.1, 0.15) is 42.1 Å². The fourth-order valence-electron chi connectivity index (χ4n) is 2.90. The molecule has 1 heterocycles. The van der Waals surface area contributed by atoms with E-state index in [0.29, 0.717) is 18.0 Å². The minimum absolute atomic E-state index is 0.0229. The molecule has 4 nitrogen and oxygen atoms in total. The Balaban J connectivity index is 2.17. The molecule has 1 aromatic rings. The van der Waals surface area contributed by atoms with E-state index in [1.54, 1.807) is 18.2 Å². The number of phenols is 1. The maximum absolute atomic E-state index is 12.6. The topological polar surface area (TPSA) is 66.6 Å². The van der Waals surface area contributed by atoms with Crippen molar-refractivity contribution in [2.45, 2.75) is 39.2 Å². The van der Waals surface area contributed by atoms with Crippen LogP contribution in [0.25, 0.3) is 0 Å². The smallest absolute Gasteiger partial charge is 0.254 e. The molecule has 0 radical (unpaired) electrons. The Morgan fingerprint density at radius 2 is 2.25 bits per heavy atom. The first kappa shape index (κ1) is 14.9. The normalized spacial score (nSPS) is 22.9. The molecule has 4 heteroatoms. The number of phenolic OH excluding ortho intramolecular Hbond substituents is 1. The summed E-state index contributed by atoms with van der Waals surface area (Å²) < 4.78 is 0. The minimum Gasteiger partial charge on any atom is -0.508 e. The largest absolute Gasteiger partial charge is 0.508 e. The number of likely N-dealkylation sites (tertiary alicyclic amines) is 1. The summed E-state index contributed by atoms with van der Waals surface area (Å²) in [6, 6.07) is 5.22. The molecule has 2 unspecified atom stereocenters. The second kappa shape index (κ2) is 6.27. The minimum atomic E-state index is -0.0229. The van der Waals surface area contributed by atoms with Crippen LogP contribution < -0.4 is 5.73 Å². The molecular weight excluding hydrogens is 252 g/mol. The molecule has 0 aliphatic carbocycles. The van der Waals surface area contributed by atoms with Gasteiger partial charge in [-0.1, -0.05) is 19.4 Å². The summed E-state index contributed by atoms with van der Waals surface area (Å²) in [6.45, 7) is 5.26. The summed E-state index contributed by atoms with van der Waals surface area (Å²) >= 11 is 0. The molecule has 2 rings (SSSR count). The van der Waals surface area contributed by atoms with Gasteiger partial charge in [0.15, 0.2) is 0 Å². The fraction of sp³-hybridized carbons (Fsp3) is 0.562. The number of rotatable bonds is 3. The lowest BCUT2D eigenvalue weighted by molar-refractivity contribution is 0.0558. The highest BCUT2D eigenvalue weighted by Crippen LogP contribution is 2.27. The number of carbonyl (C=O) groups excluding carboxylic acids is 1. The maximum Gasteiger partial charge on any atom is 0.254 e. The molecule has 0 spiro atoms. The monoisotopic (exact) mass is 276 g/mol. The van der Waals surface area contributed by atoms with Gasteiger partial charge in [0.25, 0.3) is 5.91 Å². The molecule has 2 atom stereocenters. The van der Waals surface area contributed by atoms with Crippen LogP contribution in [0.15, 0.2) is 18.2 Å². The van der Waals surface area contributed by atoms with Crippen LogP contribution in [0.3, 0.4) is 0 Å². The van der Waals surface area contributed by atoms with Gasteiger partial charge in [-0.15, -0.1) is 0 Å². The van der Waals surface area contributed by atoms with Crippen LogP contribution in [0, 0.1) is 12.8 Å². The Morgan fingerprint density at radius 3 is 2.85 bits per heavy atom. The average Bonchev–Trinajstić information content (AvgIpc) is 2.48. The van der Waals surface area contributed by atoms with Crippen LogP contribution in [0.4, 0.5) is 0 Å².